The van der Waals surface area contributed by atoms with Gasteiger partial charge in [0.15, 0.2) is 0 Å². The fourth-order valence-corrected chi connectivity index (χ4v) is 3.60. The third kappa shape index (κ3) is 4.39. The monoisotopic (exact) mass is 384 g/mol. The first kappa shape index (κ1) is 20.0. The Bertz CT molecular complexity index is 809. The number of nitrogens with zero attached hydrogens (tertiary/aromatic N) is 1. The standard InChI is InChI=1S/C22H28N2O4/c1-4-28-15-16-8-5-6-9-19(16)23-22(25)24-13-7-10-20(24)18-14-17(26-2)11-12-21(18)27-3/h5-6,8-9,11-12,14,20H,4,7,10,13,15H2,1-3H3,(H,23,25). The molecule has 0 radical (unpaired) electrons. The summed E-state index contributed by atoms with van der Waals surface area (Å²) in [5.74, 6) is 1.52. The van der Waals surface area contributed by atoms with Crippen molar-refractivity contribution in [3.63, 3.8) is 0 Å². The number of para-hydroxylation sites is 1. The molecule has 1 atom stereocenters. The Labute approximate surface area is 166 Å². The number of hydrogen-bond donors (Lipinski definition) is 1. The van der Waals surface area contributed by atoms with E-state index in [1.165, 1.54) is 0 Å². The van der Waals surface area contributed by atoms with Gasteiger partial charge in [-0.15, -0.1) is 0 Å². The van der Waals surface area contributed by atoms with Gasteiger partial charge in [0.25, 0.3) is 0 Å². The summed E-state index contributed by atoms with van der Waals surface area (Å²) in [4.78, 5) is 15.0. The van der Waals surface area contributed by atoms with E-state index in [-0.39, 0.29) is 12.1 Å². The second-order valence-electron chi connectivity index (χ2n) is 6.68. The van der Waals surface area contributed by atoms with Gasteiger partial charge >= 0.3 is 6.03 Å². The molecular formula is C22H28N2O4. The van der Waals surface area contributed by atoms with Gasteiger partial charge in [-0.25, -0.2) is 4.79 Å². The Balaban J connectivity index is 1.81. The quantitative estimate of drug-likeness (QED) is 0.757. The number of methoxy groups -OCH3 is 2. The van der Waals surface area contributed by atoms with Gasteiger partial charge in [0.1, 0.15) is 11.5 Å². The molecule has 1 unspecified atom stereocenters. The van der Waals surface area contributed by atoms with Crippen LogP contribution in [0, 0.1) is 0 Å². The Morgan fingerprint density at radius 2 is 2.00 bits per heavy atom. The molecule has 1 fully saturated rings. The van der Waals surface area contributed by atoms with E-state index in [2.05, 4.69) is 5.32 Å². The van der Waals surface area contributed by atoms with Crippen molar-refractivity contribution in [1.29, 1.82) is 0 Å². The second kappa shape index (κ2) is 9.46. The molecule has 6 nitrogen and oxygen atoms in total. The Morgan fingerprint density at radius 1 is 1.18 bits per heavy atom. The smallest absolute Gasteiger partial charge is 0.322 e. The van der Waals surface area contributed by atoms with Gasteiger partial charge in [0.05, 0.1) is 26.9 Å². The van der Waals surface area contributed by atoms with E-state index >= 15 is 0 Å². The number of rotatable bonds is 7. The van der Waals surface area contributed by atoms with E-state index in [9.17, 15) is 4.79 Å². The van der Waals surface area contributed by atoms with E-state index in [0.717, 1.165) is 41.2 Å². The van der Waals surface area contributed by atoms with Crippen LogP contribution in [0.25, 0.3) is 0 Å². The average Bonchev–Trinajstić information content (AvgIpc) is 3.22. The molecule has 3 rings (SSSR count). The lowest BCUT2D eigenvalue weighted by Gasteiger charge is -2.27. The summed E-state index contributed by atoms with van der Waals surface area (Å²) in [7, 11) is 3.29. The van der Waals surface area contributed by atoms with Crippen molar-refractivity contribution in [2.24, 2.45) is 0 Å². The van der Waals surface area contributed by atoms with Crippen LogP contribution < -0.4 is 14.8 Å². The zero-order chi connectivity index (χ0) is 19.9. The minimum atomic E-state index is -0.115. The first-order chi connectivity index (χ1) is 13.7. The predicted octanol–water partition coefficient (Wildman–Crippen LogP) is 4.61. The molecule has 150 valence electrons. The highest BCUT2D eigenvalue weighted by atomic mass is 16.5. The van der Waals surface area contributed by atoms with Gasteiger partial charge in [0.2, 0.25) is 0 Å². The third-order valence-corrected chi connectivity index (χ3v) is 5.03. The first-order valence-electron chi connectivity index (χ1n) is 9.63. The van der Waals surface area contributed by atoms with Crippen molar-refractivity contribution in [2.45, 2.75) is 32.4 Å². The van der Waals surface area contributed by atoms with Gasteiger partial charge in [-0.05, 0) is 44.0 Å². The van der Waals surface area contributed by atoms with Crippen molar-refractivity contribution in [3.05, 3.63) is 53.6 Å². The van der Waals surface area contributed by atoms with Gasteiger partial charge in [-0.2, -0.15) is 0 Å². The van der Waals surface area contributed by atoms with Gasteiger partial charge < -0.3 is 24.4 Å². The van der Waals surface area contributed by atoms with Crippen LogP contribution in [-0.4, -0.2) is 38.3 Å². The van der Waals surface area contributed by atoms with Gasteiger partial charge in [0, 0.05) is 30.0 Å². The Kier molecular flexibility index (Phi) is 6.76. The second-order valence-corrected chi connectivity index (χ2v) is 6.68. The fourth-order valence-electron chi connectivity index (χ4n) is 3.60. The maximum Gasteiger partial charge on any atom is 0.322 e. The molecule has 1 N–H and O–H groups in total. The maximum absolute atomic E-state index is 13.1. The predicted molar refractivity (Wildman–Crippen MR) is 109 cm³/mol. The highest BCUT2D eigenvalue weighted by molar-refractivity contribution is 5.90. The molecule has 0 saturated carbocycles. The van der Waals surface area contributed by atoms with E-state index in [4.69, 9.17) is 14.2 Å². The van der Waals surface area contributed by atoms with Crippen molar-refractivity contribution in [2.75, 3.05) is 32.7 Å². The first-order valence-corrected chi connectivity index (χ1v) is 9.63. The molecule has 2 amide bonds. The molecule has 28 heavy (non-hydrogen) atoms. The number of carbonyl (C=O) groups excluding carboxylic acids is 1. The molecule has 6 heteroatoms. The van der Waals surface area contributed by atoms with E-state index in [1.54, 1.807) is 14.2 Å². The zero-order valence-electron chi connectivity index (χ0n) is 16.7. The number of ether oxygens (including phenoxy) is 3. The molecule has 2 aromatic rings. The molecule has 1 aliphatic rings. The number of nitrogens with one attached hydrogen (secondary N) is 1. The van der Waals surface area contributed by atoms with Crippen LogP contribution in [0.15, 0.2) is 42.5 Å². The van der Waals surface area contributed by atoms with Crippen molar-refractivity contribution >= 4 is 11.7 Å². The SMILES string of the molecule is CCOCc1ccccc1NC(=O)N1CCCC1c1cc(OC)ccc1OC. The Morgan fingerprint density at radius 3 is 2.75 bits per heavy atom. The summed E-state index contributed by atoms with van der Waals surface area (Å²) in [5.41, 5.74) is 2.72. The topological polar surface area (TPSA) is 60.0 Å². The fraction of sp³-hybridized carbons (Fsp3) is 0.409. The van der Waals surface area contributed by atoms with Crippen LogP contribution in [0.3, 0.4) is 0 Å². The van der Waals surface area contributed by atoms with E-state index < -0.39 is 0 Å². The summed E-state index contributed by atoms with van der Waals surface area (Å²) in [5, 5.41) is 3.06. The number of hydrogen-bond acceptors (Lipinski definition) is 4. The lowest BCUT2D eigenvalue weighted by molar-refractivity contribution is 0.134. The van der Waals surface area contributed by atoms with Gasteiger partial charge in [-0.1, -0.05) is 18.2 Å². The molecule has 1 saturated heterocycles. The van der Waals surface area contributed by atoms with Crippen molar-refractivity contribution in [3.8, 4) is 11.5 Å². The normalized spacial score (nSPS) is 16.1. The van der Waals surface area contributed by atoms with Crippen LogP contribution in [0.4, 0.5) is 10.5 Å². The van der Waals surface area contributed by atoms with Crippen LogP contribution in [0.5, 0.6) is 11.5 Å². The van der Waals surface area contributed by atoms with E-state index in [0.29, 0.717) is 19.8 Å². The lowest BCUT2D eigenvalue weighted by Crippen LogP contribution is -2.34. The lowest BCUT2D eigenvalue weighted by atomic mass is 10.0. The molecule has 2 aromatic carbocycles. The summed E-state index contributed by atoms with van der Waals surface area (Å²) in [6, 6.07) is 13.3. The highest BCUT2D eigenvalue weighted by Crippen LogP contribution is 2.39. The van der Waals surface area contributed by atoms with Crippen molar-refractivity contribution < 1.29 is 19.0 Å². The Hall–Kier alpha value is -2.73. The van der Waals surface area contributed by atoms with Crippen LogP contribution in [0.1, 0.15) is 36.9 Å². The summed E-state index contributed by atoms with van der Waals surface area (Å²) in [6.07, 6.45) is 1.83. The van der Waals surface area contributed by atoms with Crippen LogP contribution >= 0.6 is 0 Å². The summed E-state index contributed by atoms with van der Waals surface area (Å²) in [6.45, 7) is 3.76. The minimum absolute atomic E-state index is 0.0518. The number of likely N-dealkylation sites (tertiary alicyclic amines) is 1. The summed E-state index contributed by atoms with van der Waals surface area (Å²) >= 11 is 0. The van der Waals surface area contributed by atoms with Crippen molar-refractivity contribution in [1.82, 2.24) is 4.90 Å². The summed E-state index contributed by atoms with van der Waals surface area (Å²) < 4.78 is 16.4. The van der Waals surface area contributed by atoms with E-state index in [1.807, 2.05) is 54.3 Å². The number of benzene rings is 2. The molecule has 0 aliphatic carbocycles. The average molecular weight is 384 g/mol. The molecule has 0 bridgehead atoms. The molecule has 0 spiro atoms. The number of anilines is 1. The third-order valence-electron chi connectivity index (χ3n) is 5.03. The molecular weight excluding hydrogens is 356 g/mol. The van der Waals surface area contributed by atoms with Gasteiger partial charge in [-0.3, -0.25) is 0 Å². The van der Waals surface area contributed by atoms with Crippen LogP contribution in [-0.2, 0) is 11.3 Å². The minimum Gasteiger partial charge on any atom is -0.497 e. The molecule has 1 heterocycles. The highest BCUT2D eigenvalue weighted by Gasteiger charge is 2.32. The van der Waals surface area contributed by atoms with Crippen LogP contribution in [0.2, 0.25) is 0 Å². The molecule has 0 aromatic heterocycles. The zero-order valence-corrected chi connectivity index (χ0v) is 16.7. The molecule has 1 aliphatic heterocycles. The number of urea groups is 1. The largest absolute Gasteiger partial charge is 0.497 e. The maximum atomic E-state index is 13.1. The number of carbonyl (C=O) groups is 1. The number of amides is 2.